The van der Waals surface area contributed by atoms with E-state index in [2.05, 4.69) is 53.9 Å². The lowest BCUT2D eigenvalue weighted by atomic mass is 10.2. The Labute approximate surface area is 179 Å². The zero-order chi connectivity index (χ0) is 19.7. The predicted molar refractivity (Wildman–Crippen MR) is 121 cm³/mol. The first-order valence-corrected chi connectivity index (χ1v) is 10.5. The maximum atomic E-state index is 14.9. The molecule has 1 atom stereocenters. The van der Waals surface area contributed by atoms with Crippen molar-refractivity contribution >= 4 is 59.4 Å². The van der Waals surface area contributed by atoms with Crippen molar-refractivity contribution in [3.05, 3.63) is 69.6 Å². The van der Waals surface area contributed by atoms with Crippen molar-refractivity contribution in [2.75, 3.05) is 19.0 Å². The molecular formula is C22H19Br2FN2O. The Hall–Kier alpha value is -2.05. The number of benzene rings is 3. The number of alkyl halides is 1. The van der Waals surface area contributed by atoms with Gasteiger partial charge in [-0.1, -0.05) is 37.9 Å². The van der Waals surface area contributed by atoms with E-state index in [1.54, 1.807) is 7.11 Å². The Balaban J connectivity index is 1.61. The van der Waals surface area contributed by atoms with Gasteiger partial charge in [-0.25, -0.2) is 4.39 Å². The average Bonchev–Trinajstić information content (AvgIpc) is 2.99. The normalized spacial score (nSPS) is 12.4. The molecule has 144 valence electrons. The van der Waals surface area contributed by atoms with Crippen molar-refractivity contribution < 1.29 is 9.13 Å². The Morgan fingerprint density at radius 1 is 0.964 bits per heavy atom. The van der Waals surface area contributed by atoms with Crippen LogP contribution in [0.4, 0.5) is 10.1 Å². The zero-order valence-electron chi connectivity index (χ0n) is 15.3. The highest BCUT2D eigenvalue weighted by molar-refractivity contribution is 9.10. The summed E-state index contributed by atoms with van der Waals surface area (Å²) in [6.07, 6.45) is -1.04. The van der Waals surface area contributed by atoms with Gasteiger partial charge in [-0.2, -0.15) is 0 Å². The number of nitrogens with zero attached hydrogens (tertiary/aromatic N) is 1. The molecule has 0 spiro atoms. The minimum atomic E-state index is -1.04. The van der Waals surface area contributed by atoms with Gasteiger partial charge >= 0.3 is 0 Å². The highest BCUT2D eigenvalue weighted by Crippen LogP contribution is 2.33. The molecule has 0 radical (unpaired) electrons. The molecule has 6 heteroatoms. The van der Waals surface area contributed by atoms with Crippen LogP contribution in [0.1, 0.15) is 0 Å². The molecule has 0 aliphatic rings. The summed E-state index contributed by atoms with van der Waals surface area (Å²) >= 11 is 7.09. The molecule has 0 bridgehead atoms. The monoisotopic (exact) mass is 504 g/mol. The second-order valence-corrected chi connectivity index (χ2v) is 8.48. The summed E-state index contributed by atoms with van der Waals surface area (Å²) in [6.45, 7) is 0.502. The summed E-state index contributed by atoms with van der Waals surface area (Å²) in [5, 5.41) is 5.38. The molecule has 1 N–H and O–H groups in total. The molecule has 1 aromatic heterocycles. The number of aromatic nitrogens is 1. The first-order valence-electron chi connectivity index (χ1n) is 8.94. The molecule has 0 amide bonds. The van der Waals surface area contributed by atoms with E-state index in [9.17, 15) is 4.39 Å². The van der Waals surface area contributed by atoms with Crippen molar-refractivity contribution in [3.8, 4) is 5.75 Å². The number of methoxy groups -OCH3 is 1. The minimum absolute atomic E-state index is 0.224. The largest absolute Gasteiger partial charge is 0.497 e. The van der Waals surface area contributed by atoms with Gasteiger partial charge in [0.05, 0.1) is 13.7 Å². The van der Waals surface area contributed by atoms with Crippen LogP contribution in [-0.2, 0) is 6.54 Å². The molecular weight excluding hydrogens is 487 g/mol. The molecule has 3 nitrogen and oxygen atoms in total. The quantitative estimate of drug-likeness (QED) is 0.312. The van der Waals surface area contributed by atoms with E-state index in [0.29, 0.717) is 0 Å². The van der Waals surface area contributed by atoms with Crippen molar-refractivity contribution in [3.63, 3.8) is 0 Å². The number of nitrogens with one attached hydrogen (secondary N) is 1. The van der Waals surface area contributed by atoms with Gasteiger partial charge in [0.25, 0.3) is 0 Å². The van der Waals surface area contributed by atoms with Crippen LogP contribution in [0.5, 0.6) is 5.75 Å². The number of rotatable bonds is 6. The fourth-order valence-corrected chi connectivity index (χ4v) is 4.19. The third kappa shape index (κ3) is 3.89. The molecule has 1 heterocycles. The smallest absolute Gasteiger partial charge is 0.135 e. The SMILES string of the molecule is COc1cccc(NC[C@H](F)Cn2c3ccc(Br)cc3c3cc(Br)ccc32)c1. The number of halogens is 3. The molecule has 0 saturated heterocycles. The molecule has 0 aliphatic heterocycles. The lowest BCUT2D eigenvalue weighted by Gasteiger charge is -2.14. The van der Waals surface area contributed by atoms with Crippen molar-refractivity contribution in [2.45, 2.75) is 12.7 Å². The van der Waals surface area contributed by atoms with Crippen molar-refractivity contribution in [1.29, 1.82) is 0 Å². The summed E-state index contributed by atoms with van der Waals surface area (Å²) in [5.74, 6) is 0.749. The third-order valence-electron chi connectivity index (χ3n) is 4.77. The van der Waals surface area contributed by atoms with Gasteiger partial charge in [0.2, 0.25) is 0 Å². The van der Waals surface area contributed by atoms with E-state index in [1.165, 1.54) is 0 Å². The molecule has 0 unspecified atom stereocenters. The maximum absolute atomic E-state index is 14.9. The van der Waals surface area contributed by atoms with Gasteiger partial charge in [0, 0.05) is 49.0 Å². The fraction of sp³-hybridized carbons (Fsp3) is 0.182. The number of hydrogen-bond donors (Lipinski definition) is 1. The summed E-state index contributed by atoms with van der Waals surface area (Å²) < 4.78 is 24.2. The summed E-state index contributed by atoms with van der Waals surface area (Å²) in [5.41, 5.74) is 2.90. The molecule has 3 aromatic carbocycles. The van der Waals surface area contributed by atoms with Crippen molar-refractivity contribution in [2.24, 2.45) is 0 Å². The first-order chi connectivity index (χ1) is 13.5. The summed E-state index contributed by atoms with van der Waals surface area (Å²) in [7, 11) is 1.62. The van der Waals surface area contributed by atoms with Gasteiger partial charge in [0.1, 0.15) is 11.9 Å². The van der Waals surface area contributed by atoms with Crippen LogP contribution < -0.4 is 10.1 Å². The van der Waals surface area contributed by atoms with Gasteiger partial charge in [-0.3, -0.25) is 0 Å². The highest BCUT2D eigenvalue weighted by Gasteiger charge is 2.15. The van der Waals surface area contributed by atoms with E-state index < -0.39 is 6.17 Å². The summed E-state index contributed by atoms with van der Waals surface area (Å²) in [6, 6.07) is 19.8. The topological polar surface area (TPSA) is 26.2 Å². The molecule has 0 aliphatic carbocycles. The van der Waals surface area contributed by atoms with E-state index in [1.807, 2.05) is 48.5 Å². The van der Waals surface area contributed by atoms with Gasteiger partial charge < -0.3 is 14.6 Å². The lowest BCUT2D eigenvalue weighted by molar-refractivity contribution is 0.316. The Morgan fingerprint density at radius 2 is 1.61 bits per heavy atom. The average molecular weight is 506 g/mol. The van der Waals surface area contributed by atoms with Crippen LogP contribution in [-0.4, -0.2) is 24.4 Å². The molecule has 28 heavy (non-hydrogen) atoms. The van der Waals surface area contributed by atoms with Crippen LogP contribution in [0.15, 0.2) is 69.6 Å². The maximum Gasteiger partial charge on any atom is 0.135 e. The predicted octanol–water partition coefficient (Wildman–Crippen LogP) is 6.78. The van der Waals surface area contributed by atoms with Crippen LogP contribution >= 0.6 is 31.9 Å². The lowest BCUT2D eigenvalue weighted by Crippen LogP contribution is -2.21. The zero-order valence-corrected chi connectivity index (χ0v) is 18.4. The Bertz CT molecular complexity index is 1080. The second kappa shape index (κ2) is 8.13. The van der Waals surface area contributed by atoms with Gasteiger partial charge in [-0.15, -0.1) is 0 Å². The molecule has 0 saturated carbocycles. The van der Waals surface area contributed by atoms with E-state index in [0.717, 1.165) is 42.2 Å². The number of hydrogen-bond acceptors (Lipinski definition) is 2. The Morgan fingerprint density at radius 3 is 2.21 bits per heavy atom. The standard InChI is InChI=1S/C22H19Br2FN2O/c1-28-18-4-2-3-17(11-18)26-12-16(25)13-27-21-7-5-14(23)9-19(21)20-10-15(24)6-8-22(20)27/h2-11,16,26H,12-13H2,1H3/t16-/m0/s1. The van der Waals surface area contributed by atoms with Gasteiger partial charge in [0.15, 0.2) is 0 Å². The number of anilines is 1. The molecule has 0 fully saturated rings. The minimum Gasteiger partial charge on any atom is -0.497 e. The third-order valence-corrected chi connectivity index (χ3v) is 5.75. The van der Waals surface area contributed by atoms with Gasteiger partial charge in [-0.05, 0) is 48.5 Å². The Kier molecular flexibility index (Phi) is 5.60. The fourth-order valence-electron chi connectivity index (χ4n) is 3.47. The number of fused-ring (bicyclic) bond motifs is 3. The van der Waals surface area contributed by atoms with E-state index in [-0.39, 0.29) is 13.1 Å². The molecule has 4 rings (SSSR count). The van der Waals surface area contributed by atoms with Crippen molar-refractivity contribution in [1.82, 2.24) is 4.57 Å². The highest BCUT2D eigenvalue weighted by atomic mass is 79.9. The van der Waals surface area contributed by atoms with Crippen LogP contribution in [0.3, 0.4) is 0 Å². The van der Waals surface area contributed by atoms with Crippen LogP contribution in [0, 0.1) is 0 Å². The van der Waals surface area contributed by atoms with Crippen LogP contribution in [0.2, 0.25) is 0 Å². The second-order valence-electron chi connectivity index (χ2n) is 6.64. The van der Waals surface area contributed by atoms with E-state index >= 15 is 0 Å². The van der Waals surface area contributed by atoms with E-state index in [4.69, 9.17) is 4.74 Å². The first kappa shape index (κ1) is 19.3. The van der Waals surface area contributed by atoms with Crippen LogP contribution in [0.25, 0.3) is 21.8 Å². The summed E-state index contributed by atoms with van der Waals surface area (Å²) in [4.78, 5) is 0. The molecule has 4 aromatic rings. The number of ether oxygens (including phenoxy) is 1.